The van der Waals surface area contributed by atoms with Crippen molar-refractivity contribution in [3.05, 3.63) is 318 Å². The van der Waals surface area contributed by atoms with Crippen LogP contribution in [0, 0.1) is 0 Å². The average Bonchev–Trinajstić information content (AvgIpc) is 3.94. The lowest BCUT2D eigenvalue weighted by atomic mass is 9.67. The molecule has 12 aromatic rings. The summed E-state index contributed by atoms with van der Waals surface area (Å²) in [6.07, 6.45) is 0. The summed E-state index contributed by atoms with van der Waals surface area (Å²) in [5, 5.41) is 2.50. The van der Waals surface area contributed by atoms with Gasteiger partial charge in [-0.3, -0.25) is 0 Å². The number of hydrogen-bond donors (Lipinski definition) is 0. The number of hydrogen-bond acceptors (Lipinski definition) is 1. The number of nitrogens with zero attached hydrogens (tertiary/aromatic N) is 1. The summed E-state index contributed by atoms with van der Waals surface area (Å²) in [5.74, 6) is 0. The number of rotatable bonds is 9. The summed E-state index contributed by atoms with van der Waals surface area (Å²) in [4.78, 5) is 2.39. The van der Waals surface area contributed by atoms with Gasteiger partial charge in [0.25, 0.3) is 0 Å². The first kappa shape index (κ1) is 44.4. The molecule has 0 aromatic heterocycles. The molecule has 2 aliphatic rings. The summed E-state index contributed by atoms with van der Waals surface area (Å²) in [6.45, 7) is 4.71. The van der Waals surface area contributed by atoms with Gasteiger partial charge in [0.1, 0.15) is 0 Å². The Morgan fingerprint density at radius 3 is 1.20 bits per heavy atom. The highest BCUT2D eigenvalue weighted by Crippen LogP contribution is 2.57. The number of fused-ring (bicyclic) bond motifs is 7. The Kier molecular flexibility index (Phi) is 10.5. The topological polar surface area (TPSA) is 3.24 Å². The molecule has 354 valence electrons. The molecule has 0 unspecified atom stereocenters. The Morgan fingerprint density at radius 2 is 0.627 bits per heavy atom. The summed E-state index contributed by atoms with van der Waals surface area (Å²) in [6, 6.07) is 106. The Bertz CT molecular complexity index is 4070. The van der Waals surface area contributed by atoms with E-state index in [1.807, 2.05) is 0 Å². The van der Waals surface area contributed by atoms with E-state index in [9.17, 15) is 0 Å². The van der Waals surface area contributed by atoms with Gasteiger partial charge in [0.2, 0.25) is 0 Å². The maximum atomic E-state index is 2.45. The van der Waals surface area contributed by atoms with Gasteiger partial charge in [0.05, 0.1) is 5.41 Å². The number of benzene rings is 12. The van der Waals surface area contributed by atoms with Crippen molar-refractivity contribution in [2.45, 2.75) is 24.7 Å². The van der Waals surface area contributed by atoms with Crippen LogP contribution in [0.1, 0.15) is 47.2 Å². The molecule has 12 aromatic carbocycles. The third-order valence-electron chi connectivity index (χ3n) is 16.4. The minimum absolute atomic E-state index is 0.0630. The van der Waals surface area contributed by atoms with E-state index in [1.165, 1.54) is 111 Å². The van der Waals surface area contributed by atoms with E-state index in [4.69, 9.17) is 0 Å². The first-order valence-corrected chi connectivity index (χ1v) is 26.2. The van der Waals surface area contributed by atoms with Gasteiger partial charge in [-0.05, 0) is 172 Å². The molecule has 0 spiro atoms. The first-order chi connectivity index (χ1) is 36.9. The molecule has 0 saturated heterocycles. The largest absolute Gasteiger partial charge is 0.311 e. The second kappa shape index (κ2) is 17.7. The highest BCUT2D eigenvalue weighted by Gasteiger charge is 2.46. The lowest BCUT2D eigenvalue weighted by Crippen LogP contribution is -2.28. The molecule has 14 rings (SSSR count). The van der Waals surface area contributed by atoms with Gasteiger partial charge in [-0.15, -0.1) is 0 Å². The van der Waals surface area contributed by atoms with E-state index < -0.39 is 5.41 Å². The monoisotopic (exact) mass is 955 g/mol. The van der Waals surface area contributed by atoms with Gasteiger partial charge < -0.3 is 4.90 Å². The van der Waals surface area contributed by atoms with Crippen molar-refractivity contribution in [3.63, 3.8) is 0 Å². The molecular formula is C74H53N. The Morgan fingerprint density at radius 1 is 0.240 bits per heavy atom. The van der Waals surface area contributed by atoms with Crippen molar-refractivity contribution in [1.29, 1.82) is 0 Å². The number of anilines is 3. The van der Waals surface area contributed by atoms with E-state index in [1.54, 1.807) is 0 Å². The SMILES string of the molecule is CC1(C)c2ccccc2-c2ccc(-c3ccc(N(c4ccc(-c5cccc(-c6ccc7ccccc7c6)c5)cc4)c4ccc(-c5ccc6c(c5)C(c5ccccc5)(c5ccccc5)c5ccccc5-6)cc4)cc3)cc21. The molecule has 0 N–H and O–H groups in total. The summed E-state index contributed by atoms with van der Waals surface area (Å²) in [5.41, 5.74) is 25.5. The van der Waals surface area contributed by atoms with Crippen LogP contribution < -0.4 is 4.90 Å². The first-order valence-electron chi connectivity index (χ1n) is 26.2. The van der Waals surface area contributed by atoms with E-state index in [2.05, 4.69) is 304 Å². The second-order valence-corrected chi connectivity index (χ2v) is 20.8. The normalized spacial score (nSPS) is 13.4. The van der Waals surface area contributed by atoms with Crippen molar-refractivity contribution >= 4 is 27.8 Å². The second-order valence-electron chi connectivity index (χ2n) is 20.8. The smallest absolute Gasteiger partial charge is 0.0713 e. The van der Waals surface area contributed by atoms with Crippen LogP contribution in [0.15, 0.2) is 285 Å². The van der Waals surface area contributed by atoms with Gasteiger partial charge >= 0.3 is 0 Å². The Labute approximate surface area is 440 Å². The van der Waals surface area contributed by atoms with Crippen LogP contribution in [0.3, 0.4) is 0 Å². The Balaban J connectivity index is 0.840. The van der Waals surface area contributed by atoms with Crippen molar-refractivity contribution in [3.8, 4) is 66.8 Å². The quantitative estimate of drug-likeness (QED) is 0.139. The lowest BCUT2D eigenvalue weighted by Gasteiger charge is -2.34. The van der Waals surface area contributed by atoms with Gasteiger partial charge in [0.15, 0.2) is 0 Å². The fourth-order valence-electron chi connectivity index (χ4n) is 12.6. The van der Waals surface area contributed by atoms with Crippen molar-refractivity contribution in [2.75, 3.05) is 4.90 Å². The molecular weight excluding hydrogens is 903 g/mol. The predicted molar refractivity (Wildman–Crippen MR) is 315 cm³/mol. The van der Waals surface area contributed by atoms with Crippen molar-refractivity contribution in [1.82, 2.24) is 0 Å². The summed E-state index contributed by atoms with van der Waals surface area (Å²) in [7, 11) is 0. The average molecular weight is 956 g/mol. The van der Waals surface area contributed by atoms with Gasteiger partial charge in [-0.1, -0.05) is 238 Å². The van der Waals surface area contributed by atoms with E-state index in [-0.39, 0.29) is 5.41 Å². The summed E-state index contributed by atoms with van der Waals surface area (Å²) < 4.78 is 0. The minimum Gasteiger partial charge on any atom is -0.311 e. The van der Waals surface area contributed by atoms with E-state index in [0.717, 1.165) is 17.1 Å². The molecule has 75 heavy (non-hydrogen) atoms. The zero-order chi connectivity index (χ0) is 50.1. The van der Waals surface area contributed by atoms with Crippen molar-refractivity contribution < 1.29 is 0 Å². The molecule has 2 aliphatic carbocycles. The molecule has 0 atom stereocenters. The molecule has 0 saturated carbocycles. The molecule has 0 aliphatic heterocycles. The lowest BCUT2D eigenvalue weighted by molar-refractivity contribution is 0.660. The third-order valence-corrected chi connectivity index (χ3v) is 16.4. The molecule has 0 bridgehead atoms. The standard InChI is InChI=1S/C74H53N/c1-73(2)69-26-13-11-24-65(69)67-44-36-58(48-71(67)73)52-32-40-63(41-33-52)75(62-38-30-51(31-39-62)55-18-15-19-56(46-55)57-29-28-50-16-9-10-17-54(50)47-57)64-42-34-53(35-43-64)59-37-45-68-66-25-12-14-27-70(66)74(72(68)49-59,60-20-5-3-6-21-60)61-22-7-4-8-23-61/h3-49H,1-2H3. The molecule has 0 radical (unpaired) electrons. The van der Waals surface area contributed by atoms with E-state index in [0.29, 0.717) is 0 Å². The van der Waals surface area contributed by atoms with Crippen LogP contribution in [0.4, 0.5) is 17.1 Å². The van der Waals surface area contributed by atoms with Gasteiger partial charge in [-0.2, -0.15) is 0 Å². The fourth-order valence-corrected chi connectivity index (χ4v) is 12.6. The third kappa shape index (κ3) is 7.30. The van der Waals surface area contributed by atoms with Crippen LogP contribution in [0.2, 0.25) is 0 Å². The van der Waals surface area contributed by atoms with Crippen LogP contribution in [-0.4, -0.2) is 0 Å². The molecule has 0 fully saturated rings. The molecule has 1 nitrogen and oxygen atoms in total. The zero-order valence-electron chi connectivity index (χ0n) is 42.1. The summed E-state index contributed by atoms with van der Waals surface area (Å²) >= 11 is 0. The predicted octanol–water partition coefficient (Wildman–Crippen LogP) is 19.6. The minimum atomic E-state index is -0.460. The zero-order valence-corrected chi connectivity index (χ0v) is 42.1. The maximum Gasteiger partial charge on any atom is 0.0713 e. The Hall–Kier alpha value is -9.30. The van der Waals surface area contributed by atoms with Crippen LogP contribution in [-0.2, 0) is 10.8 Å². The highest BCUT2D eigenvalue weighted by molar-refractivity contribution is 5.91. The van der Waals surface area contributed by atoms with Gasteiger partial charge in [-0.25, -0.2) is 0 Å². The molecule has 0 heterocycles. The molecule has 0 amide bonds. The van der Waals surface area contributed by atoms with Crippen LogP contribution >= 0.6 is 0 Å². The van der Waals surface area contributed by atoms with Gasteiger partial charge in [0, 0.05) is 22.5 Å². The molecule has 1 heteroatoms. The highest BCUT2D eigenvalue weighted by atomic mass is 15.1. The van der Waals surface area contributed by atoms with Crippen molar-refractivity contribution in [2.24, 2.45) is 0 Å². The maximum absolute atomic E-state index is 2.45. The fraction of sp³-hybridized carbons (Fsp3) is 0.0541. The van der Waals surface area contributed by atoms with E-state index >= 15 is 0 Å². The van der Waals surface area contributed by atoms with Crippen LogP contribution in [0.5, 0.6) is 0 Å². The van der Waals surface area contributed by atoms with Crippen LogP contribution in [0.25, 0.3) is 77.5 Å².